The highest BCUT2D eigenvalue weighted by molar-refractivity contribution is 5.92. The van der Waals surface area contributed by atoms with Crippen molar-refractivity contribution in [2.75, 3.05) is 0 Å². The van der Waals surface area contributed by atoms with Crippen LogP contribution in [0.1, 0.15) is 29.0 Å². The van der Waals surface area contributed by atoms with Crippen LogP contribution >= 0.6 is 0 Å². The molecule has 0 aliphatic carbocycles. The molecule has 6 heteroatoms. The second-order valence-electron chi connectivity index (χ2n) is 3.93. The molecule has 1 aromatic heterocycles. The summed E-state index contributed by atoms with van der Waals surface area (Å²) in [6.45, 7) is 1.56. The van der Waals surface area contributed by atoms with Crippen LogP contribution in [0.15, 0.2) is 36.8 Å². The maximum Gasteiger partial charge on any atom is 0.271 e. The number of nitrogens with zero attached hydrogens (tertiary/aromatic N) is 2. The number of hydrogen-bond acceptors (Lipinski definition) is 3. The zero-order chi connectivity index (χ0) is 13.8. The number of benzene rings is 1. The molecule has 0 bridgehead atoms. The van der Waals surface area contributed by atoms with Gasteiger partial charge in [0.05, 0.1) is 12.2 Å². The van der Waals surface area contributed by atoms with Crippen molar-refractivity contribution in [3.8, 4) is 0 Å². The van der Waals surface area contributed by atoms with Gasteiger partial charge in [-0.1, -0.05) is 12.1 Å². The van der Waals surface area contributed by atoms with Crippen LogP contribution < -0.4 is 5.32 Å². The second kappa shape index (κ2) is 5.51. The Balaban J connectivity index is 2.15. The van der Waals surface area contributed by atoms with Gasteiger partial charge in [0.2, 0.25) is 0 Å². The van der Waals surface area contributed by atoms with E-state index >= 15 is 0 Å². The van der Waals surface area contributed by atoms with Crippen molar-refractivity contribution >= 4 is 5.91 Å². The molecule has 4 nitrogen and oxygen atoms in total. The van der Waals surface area contributed by atoms with E-state index in [1.807, 2.05) is 0 Å². The predicted molar refractivity (Wildman–Crippen MR) is 64.3 cm³/mol. The van der Waals surface area contributed by atoms with Crippen LogP contribution in [0.5, 0.6) is 0 Å². The zero-order valence-electron chi connectivity index (χ0n) is 10.1. The molecule has 1 aromatic carbocycles. The van der Waals surface area contributed by atoms with Gasteiger partial charge in [-0.25, -0.2) is 13.8 Å². The normalized spacial score (nSPS) is 11.9. The summed E-state index contributed by atoms with van der Waals surface area (Å²) < 4.78 is 26.6. The van der Waals surface area contributed by atoms with Crippen molar-refractivity contribution in [1.29, 1.82) is 0 Å². The third-order valence-corrected chi connectivity index (χ3v) is 2.59. The molecule has 0 saturated carbocycles. The number of nitrogens with one attached hydrogen (secondary N) is 1. The minimum atomic E-state index is -0.963. The summed E-state index contributed by atoms with van der Waals surface area (Å²) in [5.41, 5.74) is 0.198. The fraction of sp³-hybridized carbons (Fsp3) is 0.154. The van der Waals surface area contributed by atoms with E-state index in [0.29, 0.717) is 0 Å². The number of amides is 1. The maximum absolute atomic E-state index is 13.6. The summed E-state index contributed by atoms with van der Waals surface area (Å²) in [5, 5.41) is 2.53. The number of aromatic nitrogens is 2. The van der Waals surface area contributed by atoms with Gasteiger partial charge in [-0.2, -0.15) is 0 Å². The number of halogens is 2. The molecule has 1 amide bonds. The van der Waals surface area contributed by atoms with Crippen LogP contribution in [0.25, 0.3) is 0 Å². The monoisotopic (exact) mass is 263 g/mol. The molecule has 0 aliphatic heterocycles. The van der Waals surface area contributed by atoms with Gasteiger partial charge in [0, 0.05) is 18.0 Å². The molecule has 0 fully saturated rings. The Morgan fingerprint density at radius 3 is 2.79 bits per heavy atom. The van der Waals surface area contributed by atoms with Crippen molar-refractivity contribution in [2.24, 2.45) is 0 Å². The van der Waals surface area contributed by atoms with E-state index in [9.17, 15) is 13.6 Å². The molecule has 19 heavy (non-hydrogen) atoms. The predicted octanol–water partition coefficient (Wildman–Crippen LogP) is 2.25. The lowest BCUT2D eigenvalue weighted by Gasteiger charge is -2.14. The van der Waals surface area contributed by atoms with Gasteiger partial charge < -0.3 is 5.32 Å². The van der Waals surface area contributed by atoms with Gasteiger partial charge in [-0.15, -0.1) is 0 Å². The van der Waals surface area contributed by atoms with Crippen LogP contribution in [0.4, 0.5) is 8.78 Å². The fourth-order valence-corrected chi connectivity index (χ4v) is 1.62. The molecule has 1 heterocycles. The molecule has 1 unspecified atom stereocenters. The lowest BCUT2D eigenvalue weighted by atomic mass is 10.1. The standard InChI is InChI=1S/C13H11F2N3O/c1-8(9-3-2-4-10(14)12(9)15)18-13(19)11-7-16-5-6-17-11/h2-8H,1H3,(H,18,19). The SMILES string of the molecule is CC(NC(=O)c1cnccn1)c1cccc(F)c1F. The first-order chi connectivity index (χ1) is 9.09. The smallest absolute Gasteiger partial charge is 0.271 e. The summed E-state index contributed by atoms with van der Waals surface area (Å²) in [5.74, 6) is -2.41. The van der Waals surface area contributed by atoms with Crippen molar-refractivity contribution in [3.63, 3.8) is 0 Å². The lowest BCUT2D eigenvalue weighted by Crippen LogP contribution is -2.28. The Labute approximate surface area is 108 Å². The molecule has 1 atom stereocenters. The molecular weight excluding hydrogens is 252 g/mol. The largest absolute Gasteiger partial charge is 0.344 e. The zero-order valence-corrected chi connectivity index (χ0v) is 10.1. The van der Waals surface area contributed by atoms with E-state index in [2.05, 4.69) is 15.3 Å². The van der Waals surface area contributed by atoms with Gasteiger partial charge in [0.1, 0.15) is 5.69 Å². The van der Waals surface area contributed by atoms with Crippen LogP contribution in [0.3, 0.4) is 0 Å². The molecule has 2 aromatic rings. The third-order valence-electron chi connectivity index (χ3n) is 2.59. The Kier molecular flexibility index (Phi) is 3.79. The van der Waals surface area contributed by atoms with Crippen LogP contribution in [0, 0.1) is 11.6 Å². The third kappa shape index (κ3) is 2.90. The first kappa shape index (κ1) is 13.1. The highest BCUT2D eigenvalue weighted by atomic mass is 19.2. The number of carbonyl (C=O) groups excluding carboxylic acids is 1. The van der Waals surface area contributed by atoms with Crippen molar-refractivity contribution in [2.45, 2.75) is 13.0 Å². The molecule has 0 spiro atoms. The summed E-state index contributed by atoms with van der Waals surface area (Å²) in [4.78, 5) is 19.4. The molecule has 2 rings (SSSR count). The van der Waals surface area contributed by atoms with Gasteiger partial charge in [0.25, 0.3) is 5.91 Å². The average molecular weight is 263 g/mol. The van der Waals surface area contributed by atoms with Crippen LogP contribution in [-0.4, -0.2) is 15.9 Å². The van der Waals surface area contributed by atoms with E-state index < -0.39 is 23.6 Å². The average Bonchev–Trinajstić information content (AvgIpc) is 2.42. The molecule has 1 N–H and O–H groups in total. The van der Waals surface area contributed by atoms with E-state index in [1.165, 1.54) is 30.7 Å². The van der Waals surface area contributed by atoms with E-state index in [0.717, 1.165) is 6.07 Å². The van der Waals surface area contributed by atoms with Crippen molar-refractivity contribution < 1.29 is 13.6 Å². The van der Waals surface area contributed by atoms with Gasteiger partial charge >= 0.3 is 0 Å². The van der Waals surface area contributed by atoms with E-state index in [1.54, 1.807) is 6.92 Å². The van der Waals surface area contributed by atoms with Gasteiger partial charge in [0.15, 0.2) is 11.6 Å². The fourth-order valence-electron chi connectivity index (χ4n) is 1.62. The summed E-state index contributed by atoms with van der Waals surface area (Å²) >= 11 is 0. The molecule has 0 radical (unpaired) electrons. The number of carbonyl (C=O) groups is 1. The first-order valence-electron chi connectivity index (χ1n) is 5.60. The Hall–Kier alpha value is -2.37. The molecular formula is C13H11F2N3O. The summed E-state index contributed by atoms with van der Waals surface area (Å²) in [6, 6.07) is 3.15. The summed E-state index contributed by atoms with van der Waals surface area (Å²) in [6.07, 6.45) is 4.11. The Morgan fingerprint density at radius 1 is 1.32 bits per heavy atom. The minimum absolute atomic E-state index is 0.0808. The maximum atomic E-state index is 13.6. The topological polar surface area (TPSA) is 54.9 Å². The quantitative estimate of drug-likeness (QED) is 0.924. The van der Waals surface area contributed by atoms with E-state index in [-0.39, 0.29) is 11.3 Å². The Morgan fingerprint density at radius 2 is 2.11 bits per heavy atom. The highest BCUT2D eigenvalue weighted by Gasteiger charge is 2.17. The number of hydrogen-bond donors (Lipinski definition) is 1. The van der Waals surface area contributed by atoms with Gasteiger partial charge in [-0.05, 0) is 13.0 Å². The Bertz CT molecular complexity index is 590. The van der Waals surface area contributed by atoms with E-state index in [4.69, 9.17) is 0 Å². The first-order valence-corrected chi connectivity index (χ1v) is 5.60. The van der Waals surface area contributed by atoms with Crippen molar-refractivity contribution in [3.05, 3.63) is 59.7 Å². The summed E-state index contributed by atoms with van der Waals surface area (Å²) in [7, 11) is 0. The molecule has 0 saturated heterocycles. The molecule has 98 valence electrons. The second-order valence-corrected chi connectivity index (χ2v) is 3.93. The minimum Gasteiger partial charge on any atom is -0.344 e. The lowest BCUT2D eigenvalue weighted by molar-refractivity contribution is 0.0933. The van der Waals surface area contributed by atoms with Gasteiger partial charge in [-0.3, -0.25) is 9.78 Å². The van der Waals surface area contributed by atoms with Crippen LogP contribution in [0.2, 0.25) is 0 Å². The highest BCUT2D eigenvalue weighted by Crippen LogP contribution is 2.19. The molecule has 0 aliphatic rings. The van der Waals surface area contributed by atoms with Crippen LogP contribution in [-0.2, 0) is 0 Å². The number of rotatable bonds is 3. The van der Waals surface area contributed by atoms with Crippen molar-refractivity contribution in [1.82, 2.24) is 15.3 Å².